The summed E-state index contributed by atoms with van der Waals surface area (Å²) in [5, 5.41) is 22.3. The monoisotopic (exact) mass is 265 g/mol. The number of aromatic hydroxyl groups is 1. The number of esters is 1. The van der Waals surface area contributed by atoms with E-state index in [2.05, 4.69) is 10.6 Å². The molecular formula is C13H19N3O3. The van der Waals surface area contributed by atoms with Crippen LogP contribution in [0.3, 0.4) is 0 Å². The Bertz CT molecular complexity index is 435. The smallest absolute Gasteiger partial charge is 0.341 e. The molecule has 0 unspecified atom stereocenters. The van der Waals surface area contributed by atoms with Crippen LogP contribution in [0.25, 0.3) is 0 Å². The van der Waals surface area contributed by atoms with Crippen LogP contribution in [0.1, 0.15) is 23.2 Å². The maximum atomic E-state index is 11.6. The van der Waals surface area contributed by atoms with E-state index in [-0.39, 0.29) is 17.3 Å². The molecule has 0 spiro atoms. The van der Waals surface area contributed by atoms with Crippen molar-refractivity contribution in [2.45, 2.75) is 12.8 Å². The molecule has 0 heterocycles. The summed E-state index contributed by atoms with van der Waals surface area (Å²) < 4.78 is 5.05. The molecule has 0 saturated carbocycles. The Morgan fingerprint density at radius 2 is 2.11 bits per heavy atom. The first-order valence-electron chi connectivity index (χ1n) is 6.10. The molecule has 0 aliphatic carbocycles. The van der Waals surface area contributed by atoms with Gasteiger partial charge >= 0.3 is 5.97 Å². The molecule has 104 valence electrons. The molecule has 0 aliphatic heterocycles. The van der Waals surface area contributed by atoms with Gasteiger partial charge in [0.2, 0.25) is 0 Å². The van der Waals surface area contributed by atoms with E-state index in [1.807, 2.05) is 0 Å². The fourth-order valence-corrected chi connectivity index (χ4v) is 1.42. The second-order valence-electron chi connectivity index (χ2n) is 3.91. The number of hydrogen-bond donors (Lipinski definition) is 4. The lowest BCUT2D eigenvalue weighted by Gasteiger charge is -2.08. The van der Waals surface area contributed by atoms with E-state index in [1.165, 1.54) is 12.1 Å². The number of carbonyl (C=O) groups excluding carboxylic acids is 1. The number of guanidine groups is 1. The Labute approximate surface area is 112 Å². The van der Waals surface area contributed by atoms with Gasteiger partial charge in [-0.05, 0) is 25.0 Å². The van der Waals surface area contributed by atoms with Gasteiger partial charge in [-0.1, -0.05) is 12.1 Å². The minimum Gasteiger partial charge on any atom is -0.507 e. The van der Waals surface area contributed by atoms with Crippen molar-refractivity contribution in [3.63, 3.8) is 0 Å². The third-order valence-electron chi connectivity index (χ3n) is 2.48. The first-order chi connectivity index (χ1) is 9.15. The van der Waals surface area contributed by atoms with Gasteiger partial charge < -0.3 is 20.5 Å². The fourth-order valence-electron chi connectivity index (χ4n) is 1.42. The Balaban J connectivity index is 2.18. The van der Waals surface area contributed by atoms with Crippen LogP contribution in [0.2, 0.25) is 0 Å². The van der Waals surface area contributed by atoms with Gasteiger partial charge in [-0.25, -0.2) is 4.79 Å². The number of para-hydroxylation sites is 1. The molecule has 0 saturated heterocycles. The molecule has 0 amide bonds. The number of hydrogen-bond acceptors (Lipinski definition) is 4. The summed E-state index contributed by atoms with van der Waals surface area (Å²) in [6.07, 6.45) is 1.49. The molecule has 6 heteroatoms. The molecule has 0 aliphatic rings. The Morgan fingerprint density at radius 1 is 1.37 bits per heavy atom. The van der Waals surface area contributed by atoms with Crippen molar-refractivity contribution in [1.82, 2.24) is 10.6 Å². The Morgan fingerprint density at radius 3 is 2.79 bits per heavy atom. The molecule has 1 rings (SSSR count). The average molecular weight is 265 g/mol. The molecule has 0 fully saturated rings. The molecule has 0 bridgehead atoms. The maximum absolute atomic E-state index is 11.6. The quantitative estimate of drug-likeness (QED) is 0.267. The molecule has 1 aromatic rings. The highest BCUT2D eigenvalue weighted by atomic mass is 16.5. The van der Waals surface area contributed by atoms with Gasteiger partial charge in [-0.2, -0.15) is 0 Å². The van der Waals surface area contributed by atoms with E-state index in [0.29, 0.717) is 19.6 Å². The minimum absolute atomic E-state index is 0.0726. The molecule has 0 atom stereocenters. The number of ether oxygens (including phenoxy) is 1. The van der Waals surface area contributed by atoms with Crippen LogP contribution in [0.4, 0.5) is 0 Å². The molecule has 0 aromatic heterocycles. The third kappa shape index (κ3) is 5.29. The molecule has 1 aromatic carbocycles. The van der Waals surface area contributed by atoms with Crippen LogP contribution >= 0.6 is 0 Å². The lowest BCUT2D eigenvalue weighted by molar-refractivity contribution is 0.0495. The summed E-state index contributed by atoms with van der Waals surface area (Å²) in [6.45, 7) is 0.940. The minimum atomic E-state index is -0.519. The average Bonchev–Trinajstić information content (AvgIpc) is 2.42. The number of rotatable bonds is 6. The number of phenolic OH excluding ortho intramolecular Hbond substituents is 1. The summed E-state index contributed by atoms with van der Waals surface area (Å²) >= 11 is 0. The van der Waals surface area contributed by atoms with Crippen molar-refractivity contribution in [3.8, 4) is 5.75 Å². The van der Waals surface area contributed by atoms with Gasteiger partial charge in [-0.3, -0.25) is 5.41 Å². The van der Waals surface area contributed by atoms with E-state index < -0.39 is 5.97 Å². The summed E-state index contributed by atoms with van der Waals surface area (Å²) in [6, 6.07) is 6.29. The second kappa shape index (κ2) is 7.97. The van der Waals surface area contributed by atoms with Gasteiger partial charge in [0.15, 0.2) is 5.96 Å². The number of phenols is 1. The lowest BCUT2D eigenvalue weighted by atomic mass is 10.2. The molecule has 4 N–H and O–H groups in total. The standard InChI is InChI=1S/C13H19N3O3/c1-15-13(14)16-8-4-5-9-19-12(18)10-6-2-3-7-11(10)17/h2-3,6-7,17H,4-5,8-9H2,1H3,(H3,14,15,16). The van der Waals surface area contributed by atoms with Crippen molar-refractivity contribution < 1.29 is 14.6 Å². The SMILES string of the molecule is CNC(=N)NCCCCOC(=O)c1ccccc1O. The van der Waals surface area contributed by atoms with Gasteiger partial charge in [0.1, 0.15) is 11.3 Å². The zero-order valence-electron chi connectivity index (χ0n) is 10.9. The van der Waals surface area contributed by atoms with Gasteiger partial charge in [0.25, 0.3) is 0 Å². The number of benzene rings is 1. The normalized spacial score (nSPS) is 9.74. The van der Waals surface area contributed by atoms with Crippen molar-refractivity contribution >= 4 is 11.9 Å². The maximum Gasteiger partial charge on any atom is 0.341 e. The van der Waals surface area contributed by atoms with Crippen molar-refractivity contribution in [1.29, 1.82) is 5.41 Å². The summed E-state index contributed by atoms with van der Waals surface area (Å²) in [4.78, 5) is 11.6. The predicted octanol–water partition coefficient (Wildman–Crippen LogP) is 1.07. The first kappa shape index (κ1) is 14.8. The molecule has 0 radical (unpaired) electrons. The summed E-state index contributed by atoms with van der Waals surface area (Å²) in [5.74, 6) is -0.322. The summed E-state index contributed by atoms with van der Waals surface area (Å²) in [7, 11) is 1.67. The van der Waals surface area contributed by atoms with E-state index in [4.69, 9.17) is 10.1 Å². The highest BCUT2D eigenvalue weighted by molar-refractivity contribution is 5.92. The van der Waals surface area contributed by atoms with Gasteiger partial charge in [0, 0.05) is 13.6 Å². The summed E-state index contributed by atoms with van der Waals surface area (Å²) in [5.41, 5.74) is 0.178. The van der Waals surface area contributed by atoms with Crippen molar-refractivity contribution in [2.24, 2.45) is 0 Å². The lowest BCUT2D eigenvalue weighted by Crippen LogP contribution is -2.34. The van der Waals surface area contributed by atoms with E-state index in [0.717, 1.165) is 6.42 Å². The first-order valence-corrected chi connectivity index (χ1v) is 6.10. The Kier molecular flexibility index (Phi) is 6.21. The van der Waals surface area contributed by atoms with E-state index in [9.17, 15) is 9.90 Å². The Hall–Kier alpha value is -2.24. The number of nitrogens with one attached hydrogen (secondary N) is 3. The van der Waals surface area contributed by atoms with Crippen LogP contribution in [-0.2, 0) is 4.74 Å². The van der Waals surface area contributed by atoms with E-state index >= 15 is 0 Å². The topological polar surface area (TPSA) is 94.4 Å². The largest absolute Gasteiger partial charge is 0.507 e. The van der Waals surface area contributed by atoms with Crippen LogP contribution in [0, 0.1) is 5.41 Å². The molecular weight excluding hydrogens is 246 g/mol. The van der Waals surface area contributed by atoms with Crippen LogP contribution in [0.15, 0.2) is 24.3 Å². The van der Waals surface area contributed by atoms with Crippen molar-refractivity contribution in [3.05, 3.63) is 29.8 Å². The highest BCUT2D eigenvalue weighted by Crippen LogP contribution is 2.16. The van der Waals surface area contributed by atoms with Crippen molar-refractivity contribution in [2.75, 3.05) is 20.2 Å². The van der Waals surface area contributed by atoms with E-state index in [1.54, 1.807) is 19.2 Å². The second-order valence-corrected chi connectivity index (χ2v) is 3.91. The highest BCUT2D eigenvalue weighted by Gasteiger charge is 2.10. The van der Waals surface area contributed by atoms with Gasteiger partial charge in [-0.15, -0.1) is 0 Å². The van der Waals surface area contributed by atoms with Crippen LogP contribution < -0.4 is 10.6 Å². The molecule has 6 nitrogen and oxygen atoms in total. The fraction of sp³-hybridized carbons (Fsp3) is 0.385. The predicted molar refractivity (Wildman–Crippen MR) is 72.4 cm³/mol. The zero-order chi connectivity index (χ0) is 14.1. The zero-order valence-corrected chi connectivity index (χ0v) is 10.9. The van der Waals surface area contributed by atoms with Gasteiger partial charge in [0.05, 0.1) is 6.61 Å². The van der Waals surface area contributed by atoms with Crippen LogP contribution in [0.5, 0.6) is 5.75 Å². The third-order valence-corrected chi connectivity index (χ3v) is 2.48. The number of unbranched alkanes of at least 4 members (excludes halogenated alkanes) is 1. The number of carbonyl (C=O) groups is 1. The molecule has 19 heavy (non-hydrogen) atoms. The van der Waals surface area contributed by atoms with Crippen LogP contribution in [-0.4, -0.2) is 37.2 Å².